The van der Waals surface area contributed by atoms with Crippen molar-refractivity contribution < 1.29 is 9.66 Å². The van der Waals surface area contributed by atoms with E-state index in [1.807, 2.05) is 25.1 Å². The van der Waals surface area contributed by atoms with Gasteiger partial charge >= 0.3 is 0 Å². The van der Waals surface area contributed by atoms with Gasteiger partial charge in [0.2, 0.25) is 0 Å². The second-order valence-electron chi connectivity index (χ2n) is 4.46. The Hall–Kier alpha value is -1.88. The van der Waals surface area contributed by atoms with Crippen molar-refractivity contribution in [3.05, 3.63) is 69.3 Å². The number of aryl methyl sites for hydroxylation is 1. The third-order valence-electron chi connectivity index (χ3n) is 2.88. The zero-order valence-corrected chi connectivity index (χ0v) is 12.6. The van der Waals surface area contributed by atoms with E-state index in [-0.39, 0.29) is 5.69 Å². The largest absolute Gasteiger partial charge is 0.489 e. The number of benzene rings is 2. The van der Waals surface area contributed by atoms with Crippen LogP contribution in [-0.4, -0.2) is 4.92 Å². The fraction of sp³-hybridized carbons (Fsp3) is 0.200. The molecule has 4 nitrogen and oxygen atoms in total. The lowest BCUT2D eigenvalue weighted by atomic mass is 10.1. The molecular weight excluding hydrogens is 322 g/mol. The average molecular weight is 336 g/mol. The Kier molecular flexibility index (Phi) is 4.74. The van der Waals surface area contributed by atoms with Crippen LogP contribution in [0.4, 0.5) is 5.69 Å². The Morgan fingerprint density at radius 3 is 2.70 bits per heavy atom. The summed E-state index contributed by atoms with van der Waals surface area (Å²) in [5.41, 5.74) is 3.09. The van der Waals surface area contributed by atoms with E-state index in [0.717, 1.165) is 11.1 Å². The third-order valence-corrected chi connectivity index (χ3v) is 3.48. The van der Waals surface area contributed by atoms with Gasteiger partial charge in [0, 0.05) is 23.0 Å². The van der Waals surface area contributed by atoms with E-state index in [1.54, 1.807) is 6.07 Å². The molecule has 0 aromatic heterocycles. The Labute approximate surface area is 125 Å². The molecule has 0 bridgehead atoms. The molecular formula is C15H14BrNO3. The lowest BCUT2D eigenvalue weighted by Crippen LogP contribution is -1.99. The van der Waals surface area contributed by atoms with Crippen molar-refractivity contribution in [1.82, 2.24) is 0 Å². The van der Waals surface area contributed by atoms with E-state index in [1.165, 1.54) is 17.7 Å². The van der Waals surface area contributed by atoms with Gasteiger partial charge in [0.15, 0.2) is 0 Å². The summed E-state index contributed by atoms with van der Waals surface area (Å²) in [6.07, 6.45) is 0. The highest BCUT2D eigenvalue weighted by Crippen LogP contribution is 2.27. The first-order valence-electron chi connectivity index (χ1n) is 6.12. The molecule has 2 aromatic carbocycles. The van der Waals surface area contributed by atoms with Crippen molar-refractivity contribution in [1.29, 1.82) is 0 Å². The average Bonchev–Trinajstić information content (AvgIpc) is 2.45. The summed E-state index contributed by atoms with van der Waals surface area (Å²) >= 11 is 3.33. The number of hydrogen-bond donors (Lipinski definition) is 0. The molecule has 0 fully saturated rings. The summed E-state index contributed by atoms with van der Waals surface area (Å²) in [7, 11) is 0. The van der Waals surface area contributed by atoms with Crippen LogP contribution in [0.3, 0.4) is 0 Å². The van der Waals surface area contributed by atoms with Gasteiger partial charge in [0.05, 0.1) is 4.92 Å². The number of hydrogen-bond acceptors (Lipinski definition) is 3. The summed E-state index contributed by atoms with van der Waals surface area (Å²) in [4.78, 5) is 10.3. The first-order valence-corrected chi connectivity index (χ1v) is 7.24. The van der Waals surface area contributed by atoms with Crippen LogP contribution < -0.4 is 4.74 Å². The predicted octanol–water partition coefficient (Wildman–Crippen LogP) is 4.38. The zero-order valence-electron chi connectivity index (χ0n) is 11.0. The topological polar surface area (TPSA) is 52.4 Å². The molecule has 2 rings (SSSR count). The van der Waals surface area contributed by atoms with Gasteiger partial charge in [-0.3, -0.25) is 10.1 Å². The smallest absolute Gasteiger partial charge is 0.270 e. The molecule has 0 heterocycles. The van der Waals surface area contributed by atoms with E-state index in [9.17, 15) is 10.1 Å². The quantitative estimate of drug-likeness (QED) is 0.463. The molecule has 0 amide bonds. The number of ether oxygens (including phenoxy) is 1. The molecule has 104 valence electrons. The van der Waals surface area contributed by atoms with E-state index >= 15 is 0 Å². The minimum absolute atomic E-state index is 0.0716. The molecule has 0 atom stereocenters. The van der Waals surface area contributed by atoms with E-state index in [0.29, 0.717) is 17.7 Å². The molecule has 0 N–H and O–H groups in total. The highest BCUT2D eigenvalue weighted by Gasteiger charge is 2.11. The van der Waals surface area contributed by atoms with Crippen LogP contribution in [0.2, 0.25) is 0 Å². The van der Waals surface area contributed by atoms with Crippen LogP contribution in [0.5, 0.6) is 5.75 Å². The Morgan fingerprint density at radius 1 is 1.25 bits per heavy atom. The normalized spacial score (nSPS) is 10.3. The maximum absolute atomic E-state index is 10.7. The van der Waals surface area contributed by atoms with Gasteiger partial charge in [0.1, 0.15) is 12.4 Å². The van der Waals surface area contributed by atoms with Crippen molar-refractivity contribution in [2.45, 2.75) is 18.9 Å². The second-order valence-corrected chi connectivity index (χ2v) is 5.02. The van der Waals surface area contributed by atoms with Gasteiger partial charge in [0.25, 0.3) is 5.69 Å². The van der Waals surface area contributed by atoms with Gasteiger partial charge in [-0.2, -0.15) is 0 Å². The SMILES string of the molecule is Cc1cccc(COc2ccc([N+](=O)[O-])cc2CBr)c1. The maximum atomic E-state index is 10.7. The summed E-state index contributed by atoms with van der Waals surface area (Å²) in [5.74, 6) is 0.661. The molecule has 0 radical (unpaired) electrons. The fourth-order valence-corrected chi connectivity index (χ4v) is 2.33. The maximum Gasteiger partial charge on any atom is 0.270 e. The van der Waals surface area contributed by atoms with Crippen LogP contribution in [0.15, 0.2) is 42.5 Å². The van der Waals surface area contributed by atoms with E-state index in [2.05, 4.69) is 22.0 Å². The first-order chi connectivity index (χ1) is 9.60. The van der Waals surface area contributed by atoms with Gasteiger partial charge in [-0.05, 0) is 18.6 Å². The Balaban J connectivity index is 2.15. The van der Waals surface area contributed by atoms with Gasteiger partial charge < -0.3 is 4.74 Å². The summed E-state index contributed by atoms with van der Waals surface area (Å²) in [6, 6.07) is 12.7. The highest BCUT2D eigenvalue weighted by atomic mass is 79.9. The van der Waals surface area contributed by atoms with Crippen LogP contribution in [0.1, 0.15) is 16.7 Å². The molecule has 0 saturated heterocycles. The van der Waals surface area contributed by atoms with Crippen molar-refractivity contribution in [3.63, 3.8) is 0 Å². The molecule has 0 unspecified atom stereocenters. The third kappa shape index (κ3) is 3.57. The lowest BCUT2D eigenvalue weighted by molar-refractivity contribution is -0.384. The molecule has 0 spiro atoms. The summed E-state index contributed by atoms with van der Waals surface area (Å²) < 4.78 is 5.75. The van der Waals surface area contributed by atoms with Crippen molar-refractivity contribution in [2.75, 3.05) is 0 Å². The fourth-order valence-electron chi connectivity index (χ4n) is 1.89. The van der Waals surface area contributed by atoms with E-state index < -0.39 is 4.92 Å². The van der Waals surface area contributed by atoms with Crippen molar-refractivity contribution in [3.8, 4) is 5.75 Å². The van der Waals surface area contributed by atoms with E-state index in [4.69, 9.17) is 4.74 Å². The van der Waals surface area contributed by atoms with Crippen LogP contribution in [-0.2, 0) is 11.9 Å². The molecule has 0 aliphatic carbocycles. The van der Waals surface area contributed by atoms with Crippen molar-refractivity contribution in [2.24, 2.45) is 0 Å². The number of nitro benzene ring substituents is 1. The number of nitrogens with zero attached hydrogens (tertiary/aromatic N) is 1. The minimum Gasteiger partial charge on any atom is -0.489 e. The number of halogens is 1. The molecule has 0 aliphatic rings. The molecule has 2 aromatic rings. The summed E-state index contributed by atoms with van der Waals surface area (Å²) in [5, 5.41) is 11.3. The Morgan fingerprint density at radius 2 is 2.05 bits per heavy atom. The molecule has 5 heteroatoms. The summed E-state index contributed by atoms with van der Waals surface area (Å²) in [6.45, 7) is 2.47. The van der Waals surface area contributed by atoms with Crippen LogP contribution in [0.25, 0.3) is 0 Å². The number of alkyl halides is 1. The predicted molar refractivity (Wildman–Crippen MR) is 81.2 cm³/mol. The van der Waals surface area contributed by atoms with Gasteiger partial charge in [-0.25, -0.2) is 0 Å². The molecule has 0 saturated carbocycles. The number of nitro groups is 1. The van der Waals surface area contributed by atoms with Gasteiger partial charge in [-0.1, -0.05) is 45.8 Å². The number of rotatable bonds is 5. The molecule has 0 aliphatic heterocycles. The second kappa shape index (κ2) is 6.52. The molecule has 20 heavy (non-hydrogen) atoms. The minimum atomic E-state index is -0.406. The number of non-ortho nitro benzene ring substituents is 1. The van der Waals surface area contributed by atoms with Crippen molar-refractivity contribution >= 4 is 21.6 Å². The van der Waals surface area contributed by atoms with Gasteiger partial charge in [-0.15, -0.1) is 0 Å². The lowest BCUT2D eigenvalue weighted by Gasteiger charge is -2.10. The Bertz CT molecular complexity index is 628. The standard InChI is InChI=1S/C15H14BrNO3/c1-11-3-2-4-12(7-11)10-20-15-6-5-14(17(18)19)8-13(15)9-16/h2-8H,9-10H2,1H3. The first kappa shape index (κ1) is 14.5. The zero-order chi connectivity index (χ0) is 14.5. The monoisotopic (exact) mass is 335 g/mol. The highest BCUT2D eigenvalue weighted by molar-refractivity contribution is 9.08. The van der Waals surface area contributed by atoms with Crippen LogP contribution >= 0.6 is 15.9 Å². The van der Waals surface area contributed by atoms with Crippen LogP contribution in [0, 0.1) is 17.0 Å².